The molecule has 1 aliphatic rings. The summed E-state index contributed by atoms with van der Waals surface area (Å²) in [4.78, 5) is 35.7. The molecule has 1 N–H and O–H groups in total. The Kier molecular flexibility index (Phi) is 5.66. The highest BCUT2D eigenvalue weighted by molar-refractivity contribution is 8.00. The molecule has 0 saturated heterocycles. The van der Waals surface area contributed by atoms with Gasteiger partial charge in [0.25, 0.3) is 5.91 Å². The van der Waals surface area contributed by atoms with Gasteiger partial charge in [0.2, 0.25) is 5.91 Å². The molecular weight excluding hydrogens is 440 g/mol. The van der Waals surface area contributed by atoms with Gasteiger partial charge < -0.3 is 15.0 Å². The number of carbonyl (C=O) groups is 2. The minimum Gasteiger partial charge on any atom is -0.477 e. The predicted octanol–water partition coefficient (Wildman–Crippen LogP) is 2.45. The molecule has 33 heavy (non-hydrogen) atoms. The summed E-state index contributed by atoms with van der Waals surface area (Å²) in [7, 11) is 1.55. The lowest BCUT2D eigenvalue weighted by Gasteiger charge is -2.34. The minimum atomic E-state index is -0.770. The number of carbonyl (C=O) groups excluding carboxylic acids is 2. The minimum absolute atomic E-state index is 0.136. The van der Waals surface area contributed by atoms with E-state index >= 15 is 0 Å². The van der Waals surface area contributed by atoms with E-state index in [-0.39, 0.29) is 24.1 Å². The van der Waals surface area contributed by atoms with Crippen LogP contribution in [-0.2, 0) is 9.59 Å². The molecule has 1 atom stereocenters. The Balaban J connectivity index is 1.38. The average molecular weight is 461 g/mol. The summed E-state index contributed by atoms with van der Waals surface area (Å²) in [5.41, 5.74) is 2.21. The van der Waals surface area contributed by atoms with Gasteiger partial charge in [0.05, 0.1) is 35.3 Å². The van der Waals surface area contributed by atoms with Gasteiger partial charge in [-0.3, -0.25) is 9.59 Å². The summed E-state index contributed by atoms with van der Waals surface area (Å²) in [6.45, 7) is 0.140. The molecule has 0 saturated carbocycles. The van der Waals surface area contributed by atoms with Gasteiger partial charge in [0.1, 0.15) is 17.1 Å². The van der Waals surface area contributed by atoms with Gasteiger partial charge in [-0.05, 0) is 24.3 Å². The van der Waals surface area contributed by atoms with E-state index in [0.29, 0.717) is 22.1 Å². The maximum absolute atomic E-state index is 13.2. The van der Waals surface area contributed by atoms with E-state index in [1.807, 2.05) is 48.5 Å². The largest absolute Gasteiger partial charge is 0.477 e. The maximum atomic E-state index is 13.2. The molecule has 3 heterocycles. The highest BCUT2D eigenvalue weighted by Gasteiger charge is 2.33. The topological polar surface area (TPSA) is 102 Å². The molecule has 1 unspecified atom stereocenters. The lowest BCUT2D eigenvalue weighted by molar-refractivity contribution is -0.127. The van der Waals surface area contributed by atoms with Crippen LogP contribution in [0.5, 0.6) is 5.75 Å². The van der Waals surface area contributed by atoms with Crippen LogP contribution in [0.3, 0.4) is 0 Å². The van der Waals surface area contributed by atoms with Gasteiger partial charge in [-0.2, -0.15) is 5.10 Å². The number of nitrogens with zero attached hydrogens (tertiary/aromatic N) is 5. The smallest absolute Gasteiger partial charge is 0.262 e. The number of hydrogen-bond donors (Lipinski definition) is 1. The third-order valence-electron chi connectivity index (χ3n) is 5.28. The zero-order valence-corrected chi connectivity index (χ0v) is 18.5. The molecule has 0 aliphatic carbocycles. The highest BCUT2D eigenvalue weighted by Crippen LogP contribution is 2.34. The lowest BCUT2D eigenvalue weighted by atomic mass is 10.2. The summed E-state index contributed by atoms with van der Waals surface area (Å²) in [5.74, 6) is 0.217. The zero-order valence-electron chi connectivity index (χ0n) is 17.7. The van der Waals surface area contributed by atoms with E-state index in [1.54, 1.807) is 28.9 Å². The SMILES string of the molecule is CNC(=O)C1CN(C(=O)CSc2ncnc3c2cnn3-c2ccccc2)c2ccccc2O1. The number of thioether (sulfide) groups is 1. The number of hydrogen-bond acceptors (Lipinski definition) is 7. The number of aromatic nitrogens is 4. The molecule has 2 amide bonds. The first-order valence-corrected chi connectivity index (χ1v) is 11.3. The molecule has 4 aromatic rings. The molecule has 2 aromatic carbocycles. The molecule has 0 fully saturated rings. The summed E-state index contributed by atoms with van der Waals surface area (Å²) in [6, 6.07) is 16.9. The van der Waals surface area contributed by atoms with Gasteiger partial charge in [-0.15, -0.1) is 0 Å². The number of ether oxygens (including phenoxy) is 1. The molecule has 10 heteroatoms. The van der Waals surface area contributed by atoms with E-state index in [0.717, 1.165) is 11.1 Å². The molecule has 5 rings (SSSR count). The zero-order chi connectivity index (χ0) is 22.8. The summed E-state index contributed by atoms with van der Waals surface area (Å²) < 4.78 is 7.53. The number of fused-ring (bicyclic) bond motifs is 2. The second-order valence-corrected chi connectivity index (χ2v) is 8.25. The van der Waals surface area contributed by atoms with Crippen LogP contribution in [0.25, 0.3) is 16.7 Å². The molecule has 0 radical (unpaired) electrons. The van der Waals surface area contributed by atoms with Crippen molar-refractivity contribution in [2.24, 2.45) is 0 Å². The number of benzene rings is 2. The van der Waals surface area contributed by atoms with Crippen LogP contribution in [0.1, 0.15) is 0 Å². The van der Waals surface area contributed by atoms with Crippen molar-refractivity contribution < 1.29 is 14.3 Å². The van der Waals surface area contributed by atoms with Crippen LogP contribution in [0.2, 0.25) is 0 Å². The van der Waals surface area contributed by atoms with E-state index < -0.39 is 6.10 Å². The first-order valence-electron chi connectivity index (χ1n) is 10.3. The maximum Gasteiger partial charge on any atom is 0.262 e. The standard InChI is InChI=1S/C23H20N6O3S/c1-24-22(31)19-12-28(17-9-5-6-10-18(17)32-19)20(30)13-33-23-16-11-27-29(21(16)25-14-26-23)15-7-3-2-4-8-15/h2-11,14,19H,12-13H2,1H3,(H,24,31). The van der Waals surface area contributed by atoms with Gasteiger partial charge in [0.15, 0.2) is 11.8 Å². The average Bonchev–Trinajstić information content (AvgIpc) is 3.31. The first-order chi connectivity index (χ1) is 16.2. The third-order valence-corrected chi connectivity index (χ3v) is 6.27. The van der Waals surface area contributed by atoms with E-state index in [9.17, 15) is 9.59 Å². The second-order valence-electron chi connectivity index (χ2n) is 7.29. The molecule has 0 bridgehead atoms. The van der Waals surface area contributed by atoms with Crippen LogP contribution < -0.4 is 15.0 Å². The van der Waals surface area contributed by atoms with Crippen molar-refractivity contribution in [3.8, 4) is 11.4 Å². The third kappa shape index (κ3) is 4.00. The Hall–Kier alpha value is -3.92. The van der Waals surface area contributed by atoms with E-state index in [1.165, 1.54) is 18.1 Å². The van der Waals surface area contributed by atoms with Crippen molar-refractivity contribution in [1.29, 1.82) is 0 Å². The fraction of sp³-hybridized carbons (Fsp3) is 0.174. The number of anilines is 1. The molecular formula is C23H20N6O3S. The molecule has 0 spiro atoms. The summed E-state index contributed by atoms with van der Waals surface area (Å²) in [5, 5.41) is 8.48. The van der Waals surface area contributed by atoms with Crippen molar-refractivity contribution in [2.75, 3.05) is 24.2 Å². The van der Waals surface area contributed by atoms with Gasteiger partial charge in [-0.25, -0.2) is 14.6 Å². The summed E-state index contributed by atoms with van der Waals surface area (Å²) >= 11 is 1.31. The Morgan fingerprint density at radius 3 is 2.73 bits per heavy atom. The number of amides is 2. The number of likely N-dealkylation sites (N-methyl/N-ethyl adjacent to an activating group) is 1. The highest BCUT2D eigenvalue weighted by atomic mass is 32.2. The van der Waals surface area contributed by atoms with E-state index in [4.69, 9.17) is 4.74 Å². The fourth-order valence-electron chi connectivity index (χ4n) is 3.67. The van der Waals surface area contributed by atoms with Crippen LogP contribution in [0.15, 0.2) is 72.1 Å². The lowest BCUT2D eigenvalue weighted by Crippen LogP contribution is -2.50. The van der Waals surface area contributed by atoms with Crippen molar-refractivity contribution >= 4 is 40.3 Å². The van der Waals surface area contributed by atoms with Gasteiger partial charge >= 0.3 is 0 Å². The monoisotopic (exact) mass is 460 g/mol. The summed E-state index contributed by atoms with van der Waals surface area (Å²) in [6.07, 6.45) is 2.41. The number of rotatable bonds is 5. The quantitative estimate of drug-likeness (QED) is 0.361. The first kappa shape index (κ1) is 21.0. The van der Waals surface area contributed by atoms with Crippen LogP contribution in [-0.4, -0.2) is 57.0 Å². The second kappa shape index (κ2) is 8.91. The predicted molar refractivity (Wildman–Crippen MR) is 125 cm³/mol. The van der Waals surface area contributed by atoms with Crippen LogP contribution in [0, 0.1) is 0 Å². The van der Waals surface area contributed by atoms with Crippen LogP contribution in [0.4, 0.5) is 5.69 Å². The van der Waals surface area contributed by atoms with Gasteiger partial charge in [-0.1, -0.05) is 42.1 Å². The van der Waals surface area contributed by atoms with E-state index in [2.05, 4.69) is 20.4 Å². The Labute approximate surface area is 193 Å². The normalized spacial score (nSPS) is 15.1. The molecule has 1 aliphatic heterocycles. The molecule has 2 aromatic heterocycles. The Morgan fingerprint density at radius 1 is 1.12 bits per heavy atom. The number of para-hydroxylation sites is 3. The van der Waals surface area contributed by atoms with Crippen molar-refractivity contribution in [2.45, 2.75) is 11.1 Å². The van der Waals surface area contributed by atoms with Crippen molar-refractivity contribution in [1.82, 2.24) is 25.1 Å². The van der Waals surface area contributed by atoms with Crippen LogP contribution >= 0.6 is 11.8 Å². The fourth-order valence-corrected chi connectivity index (χ4v) is 4.51. The molecule has 9 nitrogen and oxygen atoms in total. The van der Waals surface area contributed by atoms with Crippen molar-refractivity contribution in [3.63, 3.8) is 0 Å². The Bertz CT molecular complexity index is 1330. The number of nitrogens with one attached hydrogen (secondary N) is 1. The van der Waals surface area contributed by atoms with Gasteiger partial charge in [0, 0.05) is 7.05 Å². The Morgan fingerprint density at radius 2 is 1.91 bits per heavy atom. The van der Waals surface area contributed by atoms with Crippen molar-refractivity contribution in [3.05, 3.63) is 67.1 Å². The molecule has 166 valence electrons.